The number of hydrogen-bond acceptors (Lipinski definition) is 17. The van der Waals surface area contributed by atoms with E-state index in [4.69, 9.17) is 19.9 Å². The van der Waals surface area contributed by atoms with Crippen molar-refractivity contribution in [2.75, 3.05) is 0 Å². The van der Waals surface area contributed by atoms with Crippen LogP contribution < -0.4 is 88.7 Å². The van der Waals surface area contributed by atoms with Crippen molar-refractivity contribution in [3.63, 3.8) is 0 Å². The van der Waals surface area contributed by atoms with Gasteiger partial charge in [0, 0.05) is 74.3 Å². The molecule has 2 saturated carbocycles. The second-order valence-electron chi connectivity index (χ2n) is 19.8. The minimum absolute atomic E-state index is 0. The molecule has 8 bridgehead atoms. The van der Waals surface area contributed by atoms with E-state index in [2.05, 4.69) is 44.8 Å². The molecule has 0 spiro atoms. The monoisotopic (exact) mass is 1180 g/mol. The minimum atomic E-state index is -5.01. The van der Waals surface area contributed by atoms with Crippen LogP contribution in [0.2, 0.25) is 0 Å². The number of hydrogen-bond donors (Lipinski definition) is 4. The van der Waals surface area contributed by atoms with Gasteiger partial charge in [-0.25, -0.2) is 55.2 Å². The molecule has 5 atom stereocenters. The van der Waals surface area contributed by atoms with Gasteiger partial charge in [-0.2, -0.15) is 0 Å². The van der Waals surface area contributed by atoms with E-state index in [-0.39, 0.29) is 188 Å². The SMILES string of the molecule is C[C@]12CC[C@@H]3c4ccc(O)cc4CC[C@H]3[C@@H]1CC[C@]2(O)C#Cc1ccc2c(c1)-c1nc-2nc2[nH]c(nc3nc(nc4[nH]c(n1)c1ccc(S(=O)(=O)[O-])cc41)-c1ccc(S(=O)(=O)[O-])cc1-3)c1cc(S(=O)(=O)[O-])ccc21.[Na+].[Na+].[Na+].[Zn]. The number of aromatic nitrogens is 8. The number of rotatable bonds is 3. The first-order valence-corrected chi connectivity index (χ1v) is 27.7. The van der Waals surface area contributed by atoms with Crippen LogP contribution in [0, 0.1) is 29.1 Å². The number of H-pyrrole nitrogens is 2. The molecule has 5 aromatic carbocycles. The molecule has 3 aromatic heterocycles. The average Bonchev–Trinajstić information content (AvgIpc) is 4.15. The van der Waals surface area contributed by atoms with Crippen molar-refractivity contribution in [2.24, 2.45) is 17.3 Å². The summed E-state index contributed by atoms with van der Waals surface area (Å²) in [5.74, 6) is 7.78. The Morgan fingerprint density at radius 2 is 1.05 bits per heavy atom. The first-order chi connectivity index (χ1) is 35.1. The van der Waals surface area contributed by atoms with Crippen LogP contribution in [0.4, 0.5) is 0 Å². The molecule has 2 fully saturated rings. The molecule has 8 aromatic rings. The molecular formula is C52H37N8Na3O11S3Zn. The Hall–Kier alpha value is -3.87. The molecule has 5 aliphatic rings. The van der Waals surface area contributed by atoms with Gasteiger partial charge in [0.1, 0.15) is 64.3 Å². The molecular weight excluding hydrogens is 1140 g/mol. The fourth-order valence-electron chi connectivity index (χ4n) is 12.2. The van der Waals surface area contributed by atoms with E-state index in [9.17, 15) is 49.1 Å². The Bertz CT molecular complexity index is 4500. The summed E-state index contributed by atoms with van der Waals surface area (Å²) in [6.07, 6.45) is 4.81. The van der Waals surface area contributed by atoms with E-state index in [0.29, 0.717) is 45.7 Å². The predicted octanol–water partition coefficient (Wildman–Crippen LogP) is -2.06. The quantitative estimate of drug-likeness (QED) is 0.0839. The summed E-state index contributed by atoms with van der Waals surface area (Å²) in [6.45, 7) is 2.16. The molecule has 26 heteroatoms. The molecule has 374 valence electrons. The second-order valence-corrected chi connectivity index (χ2v) is 23.9. The number of aryl methyl sites for hydroxylation is 1. The topological polar surface area (TPSA) is 321 Å². The Morgan fingerprint density at radius 3 is 1.60 bits per heavy atom. The van der Waals surface area contributed by atoms with E-state index in [1.807, 2.05) is 6.07 Å². The van der Waals surface area contributed by atoms with Crippen molar-refractivity contribution in [3.05, 3.63) is 108 Å². The first-order valence-electron chi connectivity index (χ1n) is 23.5. The van der Waals surface area contributed by atoms with Crippen LogP contribution in [0.15, 0.2) is 106 Å². The molecule has 0 saturated heterocycles. The molecule has 78 heavy (non-hydrogen) atoms. The molecule has 0 unspecified atom stereocenters. The zero-order chi connectivity index (χ0) is 51.4. The van der Waals surface area contributed by atoms with Gasteiger partial charge in [-0.1, -0.05) is 24.8 Å². The van der Waals surface area contributed by atoms with E-state index in [1.54, 1.807) is 24.3 Å². The maximum absolute atomic E-state index is 12.6. The zero-order valence-corrected chi connectivity index (χ0v) is 53.7. The minimum Gasteiger partial charge on any atom is -0.744 e. The Balaban J connectivity index is 0.00000185. The van der Waals surface area contributed by atoms with Crippen molar-refractivity contribution in [2.45, 2.75) is 71.7 Å². The smallest absolute Gasteiger partial charge is 0.744 e. The molecule has 5 heterocycles. The molecule has 13 rings (SSSR count). The summed E-state index contributed by atoms with van der Waals surface area (Å²) in [4.78, 5) is 33.2. The maximum Gasteiger partial charge on any atom is 1.00 e. The van der Waals surface area contributed by atoms with Crippen LogP contribution in [0.25, 0.3) is 89.7 Å². The van der Waals surface area contributed by atoms with Crippen molar-refractivity contribution in [1.82, 2.24) is 39.9 Å². The zero-order valence-electron chi connectivity index (χ0n) is 42.3. The third kappa shape index (κ3) is 9.79. The normalized spacial score (nSPS) is 20.9. The van der Waals surface area contributed by atoms with Crippen LogP contribution in [0.1, 0.15) is 61.6 Å². The summed E-state index contributed by atoms with van der Waals surface area (Å²) in [5.41, 5.74) is 2.52. The Kier molecular flexibility index (Phi) is 15.7. The van der Waals surface area contributed by atoms with E-state index >= 15 is 0 Å². The third-order valence-electron chi connectivity index (χ3n) is 15.9. The van der Waals surface area contributed by atoms with Crippen LogP contribution in [-0.2, 0) is 56.3 Å². The number of nitrogens with one attached hydrogen (secondary N) is 2. The van der Waals surface area contributed by atoms with Gasteiger partial charge in [0.25, 0.3) is 0 Å². The molecule has 2 aliphatic heterocycles. The van der Waals surface area contributed by atoms with Gasteiger partial charge in [-0.05, 0) is 152 Å². The maximum atomic E-state index is 12.6. The predicted molar refractivity (Wildman–Crippen MR) is 264 cm³/mol. The summed E-state index contributed by atoms with van der Waals surface area (Å²) < 4.78 is 111. The summed E-state index contributed by atoms with van der Waals surface area (Å²) in [6, 6.07) is 21.6. The average molecular weight is 1180 g/mol. The number of fused-ring (bicyclic) bond motifs is 25. The number of benzene rings is 5. The van der Waals surface area contributed by atoms with E-state index in [0.717, 1.165) is 68.5 Å². The van der Waals surface area contributed by atoms with Gasteiger partial charge >= 0.3 is 88.7 Å². The van der Waals surface area contributed by atoms with E-state index in [1.165, 1.54) is 29.3 Å². The molecule has 3 aliphatic carbocycles. The number of phenols is 1. The summed E-state index contributed by atoms with van der Waals surface area (Å²) in [5, 5.41) is 23.6. The second kappa shape index (κ2) is 20.8. The number of nitrogens with zero attached hydrogens (tertiary/aromatic N) is 6. The Morgan fingerprint density at radius 1 is 0.564 bits per heavy atom. The number of aromatic amines is 2. The van der Waals surface area contributed by atoms with Crippen molar-refractivity contribution < 1.29 is 157 Å². The number of aromatic hydroxyl groups is 1. The number of aliphatic hydroxyl groups is 1. The van der Waals surface area contributed by atoms with Gasteiger partial charge in [-0.15, -0.1) is 0 Å². The summed E-state index contributed by atoms with van der Waals surface area (Å²) in [7, 11) is -15.0. The van der Waals surface area contributed by atoms with Gasteiger partial charge in [0.05, 0.1) is 14.7 Å². The van der Waals surface area contributed by atoms with Gasteiger partial charge in [-0.3, -0.25) is 0 Å². The van der Waals surface area contributed by atoms with Crippen molar-refractivity contribution >= 4 is 74.5 Å². The third-order valence-corrected chi connectivity index (χ3v) is 18.4. The van der Waals surface area contributed by atoms with Gasteiger partial charge in [0.2, 0.25) is 0 Å². The molecule has 19 nitrogen and oxygen atoms in total. The van der Waals surface area contributed by atoms with Crippen LogP contribution >= 0.6 is 0 Å². The first kappa shape index (κ1) is 58.8. The molecule has 4 N–H and O–H groups in total. The van der Waals surface area contributed by atoms with Gasteiger partial charge in [0.15, 0.2) is 23.3 Å². The Labute approximate surface area is 525 Å². The number of phenolic OH excluding ortho intramolecular Hbond substituents is 1. The van der Waals surface area contributed by atoms with Gasteiger partial charge < -0.3 is 33.8 Å². The fourth-order valence-corrected chi connectivity index (χ4v) is 13.7. The standard InChI is InChI=1S/C52H40N8O11S3.3Na.Zn/c1-51-17-15-32-31-10-4-27(61)21-26(31)3-9-33(32)42(51)16-19-52(51,62)18-14-25-2-8-34-38(20-25)47-54-43(34)53-44-35-11-5-29(73(66,67)68)23-40(35)49(56-44)60-50-41-24-30(74(69,70)71)7-13-37(41)46(59-50)58-48-39-22-28(72(63,64)65)6-12-36(39)45(55-47)57-48;;;;/h2,4-8,10-13,20-24,32-33,42,61-62H,3,9,15-17,19H2,1H3,(H,63,64,65)(H,66,67,68)(H,69,70,71)(H2,53,54,55,56,57,58,59,60);;;;/q;3*+1;/p-3/t32-,33-,42+,51+,52-;;;;/m1..../s1. The van der Waals surface area contributed by atoms with Crippen LogP contribution in [-0.4, -0.2) is 94.6 Å². The van der Waals surface area contributed by atoms with E-state index < -0.39 is 56.1 Å². The van der Waals surface area contributed by atoms with Crippen LogP contribution in [0.3, 0.4) is 0 Å². The fraction of sp³-hybridized carbons (Fsp3) is 0.231. The summed E-state index contributed by atoms with van der Waals surface area (Å²) >= 11 is 0. The van der Waals surface area contributed by atoms with Crippen LogP contribution in [0.5, 0.6) is 5.75 Å². The molecule has 0 radical (unpaired) electrons. The van der Waals surface area contributed by atoms with Crippen molar-refractivity contribution in [1.29, 1.82) is 0 Å². The van der Waals surface area contributed by atoms with Crippen molar-refractivity contribution in [3.8, 4) is 63.1 Å². The molecule has 0 amide bonds. The largest absolute Gasteiger partial charge is 1.00 e.